The van der Waals surface area contributed by atoms with Crippen LogP contribution in [-0.4, -0.2) is 77.2 Å². The van der Waals surface area contributed by atoms with Crippen molar-refractivity contribution in [3.8, 4) is 0 Å². The van der Waals surface area contributed by atoms with Crippen LogP contribution in [0.3, 0.4) is 0 Å². The summed E-state index contributed by atoms with van der Waals surface area (Å²) in [5, 5.41) is 9.93. The number of nitrogens with zero attached hydrogens (tertiary/aromatic N) is 5. The van der Waals surface area contributed by atoms with Crippen molar-refractivity contribution in [2.45, 2.75) is 39.5 Å². The van der Waals surface area contributed by atoms with E-state index in [1.165, 1.54) is 0 Å². The van der Waals surface area contributed by atoms with Gasteiger partial charge in [0.25, 0.3) is 0 Å². The number of amides is 2. The van der Waals surface area contributed by atoms with Gasteiger partial charge in [-0.1, -0.05) is 26.2 Å². The van der Waals surface area contributed by atoms with E-state index in [2.05, 4.69) is 25.7 Å². The number of piperazine rings is 1. The number of hydrogen-bond acceptors (Lipinski definition) is 8. The molecular formula is C19H32FN7O3. The number of carbonyl (C=O) groups is 2. The Kier molecular flexibility index (Phi) is 9.18. The van der Waals surface area contributed by atoms with Gasteiger partial charge in [-0.3, -0.25) is 25.6 Å². The summed E-state index contributed by atoms with van der Waals surface area (Å²) < 4.78 is 14.6. The van der Waals surface area contributed by atoms with E-state index in [0.717, 1.165) is 32.4 Å². The molecule has 2 heterocycles. The third kappa shape index (κ3) is 6.77. The molecule has 0 radical (unpaired) electrons. The Labute approximate surface area is 176 Å². The van der Waals surface area contributed by atoms with Crippen LogP contribution in [0.1, 0.15) is 38.3 Å². The molecule has 0 saturated carbocycles. The Morgan fingerprint density at radius 3 is 2.63 bits per heavy atom. The molecule has 0 aliphatic carbocycles. The van der Waals surface area contributed by atoms with E-state index >= 15 is 0 Å². The summed E-state index contributed by atoms with van der Waals surface area (Å²) in [4.78, 5) is 35.6. The van der Waals surface area contributed by atoms with Gasteiger partial charge in [0, 0.05) is 26.2 Å². The fourth-order valence-electron chi connectivity index (χ4n) is 3.26. The maximum atomic E-state index is 14.6. The van der Waals surface area contributed by atoms with Crippen LogP contribution in [0.5, 0.6) is 0 Å². The molecule has 1 atom stereocenters. The summed E-state index contributed by atoms with van der Waals surface area (Å²) in [6.45, 7) is 6.38. The molecule has 2 rings (SSSR count). The van der Waals surface area contributed by atoms with Crippen LogP contribution in [0.4, 0.5) is 16.2 Å². The minimum Gasteiger partial charge on any atom is -0.351 e. The zero-order chi connectivity index (χ0) is 22.1. The number of nitrogens with one attached hydrogen (secondary N) is 2. The molecule has 1 saturated heterocycles. The molecule has 0 bridgehead atoms. The normalized spacial score (nSPS) is 15.6. The monoisotopic (exact) mass is 425 g/mol. The van der Waals surface area contributed by atoms with Crippen molar-refractivity contribution in [2.24, 2.45) is 5.92 Å². The van der Waals surface area contributed by atoms with Gasteiger partial charge in [-0.25, -0.2) is 14.4 Å². The smallest absolute Gasteiger partial charge is 0.244 e. The zero-order valence-electron chi connectivity index (χ0n) is 17.9. The molecule has 1 aromatic rings. The number of carbonyl (C=O) groups excluding carboxylic acids is 2. The molecule has 168 valence electrons. The molecule has 0 spiro atoms. The Morgan fingerprint density at radius 1 is 1.30 bits per heavy atom. The van der Waals surface area contributed by atoms with E-state index in [-0.39, 0.29) is 30.4 Å². The van der Waals surface area contributed by atoms with Crippen LogP contribution in [0, 0.1) is 18.7 Å². The van der Waals surface area contributed by atoms with Crippen LogP contribution in [0.25, 0.3) is 0 Å². The largest absolute Gasteiger partial charge is 0.351 e. The molecule has 1 aromatic heterocycles. The lowest BCUT2D eigenvalue weighted by molar-refractivity contribution is -0.154. The average molecular weight is 426 g/mol. The Morgan fingerprint density at radius 2 is 2.00 bits per heavy atom. The van der Waals surface area contributed by atoms with Gasteiger partial charge in [-0.15, -0.1) is 0 Å². The molecule has 11 heteroatoms. The van der Waals surface area contributed by atoms with E-state index in [4.69, 9.17) is 0 Å². The second-order valence-electron chi connectivity index (χ2n) is 7.59. The predicted molar refractivity (Wildman–Crippen MR) is 110 cm³/mol. The molecule has 0 unspecified atom stereocenters. The number of hydroxylamine groups is 2. The molecule has 1 aliphatic rings. The third-order valence-corrected chi connectivity index (χ3v) is 5.16. The maximum absolute atomic E-state index is 14.6. The first-order chi connectivity index (χ1) is 14.3. The van der Waals surface area contributed by atoms with Crippen LogP contribution < -0.4 is 15.8 Å². The second kappa shape index (κ2) is 11.6. The van der Waals surface area contributed by atoms with Gasteiger partial charge in [-0.05, 0) is 20.4 Å². The van der Waals surface area contributed by atoms with Crippen LogP contribution >= 0.6 is 0 Å². The summed E-state index contributed by atoms with van der Waals surface area (Å²) >= 11 is 0. The first-order valence-electron chi connectivity index (χ1n) is 10.3. The average Bonchev–Trinajstić information content (AvgIpc) is 2.74. The highest BCUT2D eigenvalue weighted by atomic mass is 19.1. The zero-order valence-corrected chi connectivity index (χ0v) is 17.9. The summed E-state index contributed by atoms with van der Waals surface area (Å²) in [5.74, 6) is -1.19. The standard InChI is InChI=1S/C19H32FN7O3/c1-4-5-6-7-15(12-27(30)13-28)18(29)23-24-19-21-14(2)16(20)17(22-19)26-10-8-25(3)9-11-26/h13,15,30H,4-12H2,1-3H3,(H,23,29)(H,21,22,24)/t15-/m1/s1. The van der Waals surface area contributed by atoms with Crippen molar-refractivity contribution < 1.29 is 19.2 Å². The quantitative estimate of drug-likeness (QED) is 0.210. The minimum absolute atomic E-state index is 0.0831. The van der Waals surface area contributed by atoms with E-state index in [1.54, 1.807) is 6.92 Å². The van der Waals surface area contributed by atoms with Crippen LogP contribution in [-0.2, 0) is 9.59 Å². The van der Waals surface area contributed by atoms with Crippen molar-refractivity contribution in [3.05, 3.63) is 11.5 Å². The van der Waals surface area contributed by atoms with Crippen molar-refractivity contribution in [1.29, 1.82) is 0 Å². The molecule has 30 heavy (non-hydrogen) atoms. The fraction of sp³-hybridized carbons (Fsp3) is 0.684. The molecule has 2 amide bonds. The van der Waals surface area contributed by atoms with Gasteiger partial charge in [0.15, 0.2) is 11.6 Å². The lowest BCUT2D eigenvalue weighted by Gasteiger charge is -2.33. The third-order valence-electron chi connectivity index (χ3n) is 5.16. The first-order valence-corrected chi connectivity index (χ1v) is 10.3. The lowest BCUT2D eigenvalue weighted by atomic mass is 10.0. The second-order valence-corrected chi connectivity index (χ2v) is 7.59. The number of rotatable bonds is 11. The number of aryl methyl sites for hydroxylation is 1. The summed E-state index contributed by atoms with van der Waals surface area (Å²) in [5.41, 5.74) is 5.35. The molecule has 1 fully saturated rings. The number of unbranched alkanes of at least 4 members (excludes halogenated alkanes) is 2. The van der Waals surface area contributed by atoms with Gasteiger partial charge in [-0.2, -0.15) is 4.98 Å². The first kappa shape index (κ1) is 23.7. The van der Waals surface area contributed by atoms with E-state index in [9.17, 15) is 19.2 Å². The highest BCUT2D eigenvalue weighted by Crippen LogP contribution is 2.21. The number of hydrazine groups is 1. The molecular weight excluding hydrogens is 393 g/mol. The van der Waals surface area contributed by atoms with Crippen molar-refractivity contribution >= 4 is 24.1 Å². The van der Waals surface area contributed by atoms with Gasteiger partial charge in [0.2, 0.25) is 18.3 Å². The summed E-state index contributed by atoms with van der Waals surface area (Å²) in [7, 11) is 2.01. The Hall–Kier alpha value is -2.53. The van der Waals surface area contributed by atoms with Gasteiger partial charge in [0.1, 0.15) is 0 Å². The SMILES string of the molecule is CCCCC[C@H](CN(O)C=O)C(=O)NNc1nc(C)c(F)c(N2CCN(C)CC2)n1. The highest BCUT2D eigenvalue weighted by molar-refractivity contribution is 5.80. The topological polar surface area (TPSA) is 114 Å². The Balaban J connectivity index is 2.05. The summed E-state index contributed by atoms with van der Waals surface area (Å²) in [6, 6.07) is 0. The number of hydrogen-bond donors (Lipinski definition) is 3. The number of likely N-dealkylation sites (N-methyl/N-ethyl adjacent to an activating group) is 1. The number of aromatic nitrogens is 2. The van der Waals surface area contributed by atoms with Gasteiger partial charge >= 0.3 is 0 Å². The number of anilines is 2. The number of halogens is 1. The predicted octanol–water partition coefficient (Wildman–Crippen LogP) is 1.16. The van der Waals surface area contributed by atoms with E-state index < -0.39 is 17.6 Å². The molecule has 1 aliphatic heterocycles. The maximum Gasteiger partial charge on any atom is 0.244 e. The fourth-order valence-corrected chi connectivity index (χ4v) is 3.26. The van der Waals surface area contributed by atoms with Crippen molar-refractivity contribution in [1.82, 2.24) is 25.4 Å². The van der Waals surface area contributed by atoms with Crippen LogP contribution in [0.15, 0.2) is 0 Å². The van der Waals surface area contributed by atoms with Gasteiger partial charge < -0.3 is 9.80 Å². The minimum atomic E-state index is -0.599. The molecule has 10 nitrogen and oxygen atoms in total. The van der Waals surface area contributed by atoms with Crippen LogP contribution in [0.2, 0.25) is 0 Å². The van der Waals surface area contributed by atoms with Crippen molar-refractivity contribution in [3.63, 3.8) is 0 Å². The van der Waals surface area contributed by atoms with E-state index in [1.807, 2.05) is 18.9 Å². The van der Waals surface area contributed by atoms with E-state index in [0.29, 0.717) is 24.6 Å². The van der Waals surface area contributed by atoms with Gasteiger partial charge in [0.05, 0.1) is 18.2 Å². The molecule has 3 N–H and O–H groups in total. The summed E-state index contributed by atoms with van der Waals surface area (Å²) in [6.07, 6.45) is 3.50. The highest BCUT2D eigenvalue weighted by Gasteiger charge is 2.23. The molecule has 0 aromatic carbocycles. The van der Waals surface area contributed by atoms with Crippen molar-refractivity contribution in [2.75, 3.05) is 50.1 Å². The lowest BCUT2D eigenvalue weighted by Crippen LogP contribution is -2.45. The Bertz CT molecular complexity index is 714.